The molecule has 0 aromatic carbocycles. The van der Waals surface area contributed by atoms with Crippen LogP contribution in [0.5, 0.6) is 0 Å². The lowest BCUT2D eigenvalue weighted by Crippen LogP contribution is -2.44. The number of hydrogen-bond acceptors (Lipinski definition) is 2. The molecule has 1 atom stereocenters. The predicted molar refractivity (Wildman–Crippen MR) is 58.1 cm³/mol. The SMILES string of the molecule is COC1(CC(N)CCC2CC2)CCC1. The Morgan fingerprint density at radius 3 is 2.57 bits per heavy atom. The van der Waals surface area contributed by atoms with Gasteiger partial charge in [0.15, 0.2) is 0 Å². The van der Waals surface area contributed by atoms with Gasteiger partial charge in [0.25, 0.3) is 0 Å². The minimum absolute atomic E-state index is 0.170. The first-order chi connectivity index (χ1) is 6.74. The van der Waals surface area contributed by atoms with Gasteiger partial charge in [0.1, 0.15) is 0 Å². The van der Waals surface area contributed by atoms with E-state index in [2.05, 4.69) is 0 Å². The molecule has 0 radical (unpaired) electrons. The Morgan fingerprint density at radius 1 is 1.43 bits per heavy atom. The number of rotatable bonds is 6. The Balaban J connectivity index is 1.66. The highest BCUT2D eigenvalue weighted by Crippen LogP contribution is 2.40. The molecule has 1 unspecified atom stereocenters. The first-order valence-electron chi connectivity index (χ1n) is 6.05. The van der Waals surface area contributed by atoms with Crippen molar-refractivity contribution in [1.82, 2.24) is 0 Å². The van der Waals surface area contributed by atoms with Crippen molar-refractivity contribution in [1.29, 1.82) is 0 Å². The van der Waals surface area contributed by atoms with Gasteiger partial charge >= 0.3 is 0 Å². The third-order valence-electron chi connectivity index (χ3n) is 3.97. The van der Waals surface area contributed by atoms with Gasteiger partial charge in [-0.25, -0.2) is 0 Å². The van der Waals surface area contributed by atoms with Gasteiger partial charge in [0, 0.05) is 13.2 Å². The monoisotopic (exact) mass is 197 g/mol. The van der Waals surface area contributed by atoms with Gasteiger partial charge < -0.3 is 10.5 Å². The maximum absolute atomic E-state index is 6.14. The molecule has 0 spiro atoms. The summed E-state index contributed by atoms with van der Waals surface area (Å²) in [7, 11) is 1.84. The van der Waals surface area contributed by atoms with Crippen molar-refractivity contribution >= 4 is 0 Å². The molecular formula is C12H23NO. The molecule has 14 heavy (non-hydrogen) atoms. The lowest BCUT2D eigenvalue weighted by molar-refractivity contribution is -0.0818. The minimum atomic E-state index is 0.170. The zero-order valence-corrected chi connectivity index (χ0v) is 9.30. The number of nitrogens with two attached hydrogens (primary N) is 1. The van der Waals surface area contributed by atoms with Crippen molar-refractivity contribution in [3.8, 4) is 0 Å². The van der Waals surface area contributed by atoms with E-state index in [9.17, 15) is 0 Å². The Labute approximate surface area is 87.2 Å². The third kappa shape index (κ3) is 2.48. The summed E-state index contributed by atoms with van der Waals surface area (Å²) in [5.74, 6) is 1.01. The highest BCUT2D eigenvalue weighted by molar-refractivity contribution is 4.92. The number of hydrogen-bond donors (Lipinski definition) is 1. The first-order valence-corrected chi connectivity index (χ1v) is 6.05. The number of ether oxygens (including phenoxy) is 1. The first kappa shape index (κ1) is 10.4. The van der Waals surface area contributed by atoms with Crippen molar-refractivity contribution in [3.63, 3.8) is 0 Å². The van der Waals surface area contributed by atoms with Crippen molar-refractivity contribution < 1.29 is 4.74 Å². The summed E-state index contributed by atoms with van der Waals surface area (Å²) in [4.78, 5) is 0. The van der Waals surface area contributed by atoms with Gasteiger partial charge in [-0.2, -0.15) is 0 Å². The zero-order valence-electron chi connectivity index (χ0n) is 9.30. The second-order valence-corrected chi connectivity index (χ2v) is 5.23. The summed E-state index contributed by atoms with van der Waals surface area (Å²) in [5, 5.41) is 0. The van der Waals surface area contributed by atoms with E-state index >= 15 is 0 Å². The van der Waals surface area contributed by atoms with Crippen LogP contribution in [0, 0.1) is 5.92 Å². The molecule has 0 amide bonds. The second-order valence-electron chi connectivity index (χ2n) is 5.23. The molecule has 0 saturated heterocycles. The molecule has 82 valence electrons. The van der Waals surface area contributed by atoms with Gasteiger partial charge in [-0.1, -0.05) is 12.8 Å². The van der Waals surface area contributed by atoms with Crippen LogP contribution in [0.3, 0.4) is 0 Å². The van der Waals surface area contributed by atoms with Crippen LogP contribution in [-0.4, -0.2) is 18.8 Å². The van der Waals surface area contributed by atoms with Gasteiger partial charge in [-0.05, 0) is 44.4 Å². The third-order valence-corrected chi connectivity index (χ3v) is 3.97. The maximum Gasteiger partial charge on any atom is 0.0693 e. The molecule has 0 aromatic rings. The summed E-state index contributed by atoms with van der Waals surface area (Å²) >= 11 is 0. The molecule has 2 N–H and O–H groups in total. The van der Waals surface area contributed by atoms with Crippen LogP contribution in [0.2, 0.25) is 0 Å². The van der Waals surface area contributed by atoms with Crippen LogP contribution in [0.25, 0.3) is 0 Å². The van der Waals surface area contributed by atoms with Crippen LogP contribution in [0.1, 0.15) is 51.4 Å². The molecule has 2 fully saturated rings. The van der Waals surface area contributed by atoms with E-state index in [0.717, 1.165) is 12.3 Å². The summed E-state index contributed by atoms with van der Waals surface area (Å²) in [5.41, 5.74) is 6.31. The molecule has 0 aliphatic heterocycles. The van der Waals surface area contributed by atoms with E-state index in [1.807, 2.05) is 7.11 Å². The van der Waals surface area contributed by atoms with Crippen molar-refractivity contribution in [2.75, 3.05) is 7.11 Å². The van der Waals surface area contributed by atoms with Crippen LogP contribution in [0.15, 0.2) is 0 Å². The fourth-order valence-corrected chi connectivity index (χ4v) is 2.50. The van der Waals surface area contributed by atoms with E-state index in [-0.39, 0.29) is 5.60 Å². The molecule has 2 aliphatic carbocycles. The highest BCUT2D eigenvalue weighted by Gasteiger charge is 2.38. The summed E-state index contributed by atoms with van der Waals surface area (Å²) < 4.78 is 5.59. The van der Waals surface area contributed by atoms with Gasteiger partial charge in [0.2, 0.25) is 0 Å². The largest absolute Gasteiger partial charge is 0.378 e. The minimum Gasteiger partial charge on any atom is -0.378 e. The average molecular weight is 197 g/mol. The molecular weight excluding hydrogens is 174 g/mol. The quantitative estimate of drug-likeness (QED) is 0.710. The Kier molecular flexibility index (Phi) is 3.13. The standard InChI is InChI=1S/C12H23NO/c1-14-12(7-2-8-12)9-11(13)6-5-10-3-4-10/h10-11H,2-9,13H2,1H3. The fourth-order valence-electron chi connectivity index (χ4n) is 2.50. The van der Waals surface area contributed by atoms with Crippen molar-refractivity contribution in [2.24, 2.45) is 11.7 Å². The van der Waals surface area contributed by atoms with Crippen LogP contribution in [0.4, 0.5) is 0 Å². The van der Waals surface area contributed by atoms with E-state index in [4.69, 9.17) is 10.5 Å². The fraction of sp³-hybridized carbons (Fsp3) is 1.00. The molecule has 2 heteroatoms. The topological polar surface area (TPSA) is 35.2 Å². The smallest absolute Gasteiger partial charge is 0.0693 e. The molecule has 0 aromatic heterocycles. The molecule has 2 rings (SSSR count). The van der Waals surface area contributed by atoms with E-state index < -0.39 is 0 Å². The summed E-state index contributed by atoms with van der Waals surface area (Å²) in [6, 6.07) is 0.371. The van der Waals surface area contributed by atoms with Crippen LogP contribution >= 0.6 is 0 Å². The Bertz CT molecular complexity index is 179. The molecule has 0 bridgehead atoms. The van der Waals surface area contributed by atoms with Gasteiger partial charge in [-0.3, -0.25) is 0 Å². The number of methoxy groups -OCH3 is 1. The van der Waals surface area contributed by atoms with Crippen LogP contribution < -0.4 is 5.73 Å². The Hall–Kier alpha value is -0.0800. The normalized spacial score (nSPS) is 27.0. The van der Waals surface area contributed by atoms with E-state index in [1.54, 1.807) is 0 Å². The molecule has 2 nitrogen and oxygen atoms in total. The lowest BCUT2D eigenvalue weighted by Gasteiger charge is -2.42. The molecule has 2 aliphatic rings. The highest BCUT2D eigenvalue weighted by atomic mass is 16.5. The summed E-state index contributed by atoms with van der Waals surface area (Å²) in [6.07, 6.45) is 10.3. The predicted octanol–water partition coefficient (Wildman–Crippen LogP) is 2.46. The lowest BCUT2D eigenvalue weighted by atomic mass is 9.75. The summed E-state index contributed by atoms with van der Waals surface area (Å²) in [6.45, 7) is 0. The van der Waals surface area contributed by atoms with Crippen molar-refractivity contribution in [3.05, 3.63) is 0 Å². The zero-order chi connectivity index (χ0) is 10.0. The second kappa shape index (κ2) is 4.19. The van der Waals surface area contributed by atoms with Gasteiger partial charge in [-0.15, -0.1) is 0 Å². The Morgan fingerprint density at radius 2 is 2.14 bits per heavy atom. The average Bonchev–Trinajstić information content (AvgIpc) is 2.91. The van der Waals surface area contributed by atoms with Crippen molar-refractivity contribution in [2.45, 2.75) is 63.0 Å². The van der Waals surface area contributed by atoms with E-state index in [0.29, 0.717) is 6.04 Å². The van der Waals surface area contributed by atoms with E-state index in [1.165, 1.54) is 44.9 Å². The molecule has 2 saturated carbocycles. The maximum atomic E-state index is 6.14. The molecule has 0 heterocycles. The van der Waals surface area contributed by atoms with Gasteiger partial charge in [0.05, 0.1) is 5.60 Å². The van der Waals surface area contributed by atoms with Crippen LogP contribution in [-0.2, 0) is 4.74 Å².